The quantitative estimate of drug-likeness (QED) is 0.753. The van der Waals surface area contributed by atoms with Gasteiger partial charge in [-0.25, -0.2) is 9.48 Å². The van der Waals surface area contributed by atoms with Gasteiger partial charge in [0, 0.05) is 50.5 Å². The molecule has 2 heterocycles. The van der Waals surface area contributed by atoms with Gasteiger partial charge in [-0.15, -0.1) is 0 Å². The summed E-state index contributed by atoms with van der Waals surface area (Å²) < 4.78 is 7.39. The second kappa shape index (κ2) is 9.55. The third-order valence-electron chi connectivity index (χ3n) is 6.16. The number of nitrogens with one attached hydrogen (secondary N) is 1. The van der Waals surface area contributed by atoms with E-state index in [1.807, 2.05) is 25.5 Å². The molecule has 2 aliphatic rings. The third kappa shape index (κ3) is 5.55. The first-order chi connectivity index (χ1) is 15.7. The summed E-state index contributed by atoms with van der Waals surface area (Å²) >= 11 is 0. The number of carbonyl (C=O) groups excluding carboxylic acids is 2. The van der Waals surface area contributed by atoms with Crippen molar-refractivity contribution in [1.29, 1.82) is 0 Å². The van der Waals surface area contributed by atoms with Gasteiger partial charge in [-0.3, -0.25) is 9.69 Å². The first-order valence-corrected chi connectivity index (χ1v) is 11.9. The fourth-order valence-corrected chi connectivity index (χ4v) is 4.41. The van der Waals surface area contributed by atoms with E-state index < -0.39 is 5.60 Å². The number of fused-ring (bicyclic) bond motifs is 1. The van der Waals surface area contributed by atoms with E-state index in [0.29, 0.717) is 25.3 Å². The van der Waals surface area contributed by atoms with Gasteiger partial charge in [0.2, 0.25) is 0 Å². The molecule has 178 valence electrons. The Labute approximate surface area is 195 Å². The summed E-state index contributed by atoms with van der Waals surface area (Å²) in [6.07, 6.45) is 2.65. The summed E-state index contributed by atoms with van der Waals surface area (Å²) in [5, 5.41) is 7.74. The molecule has 1 fully saturated rings. The highest BCUT2D eigenvalue weighted by Crippen LogP contribution is 2.28. The smallest absolute Gasteiger partial charge is 0.410 e. The average Bonchev–Trinajstić information content (AvgIpc) is 3.36. The maximum absolute atomic E-state index is 12.9. The van der Waals surface area contributed by atoms with Crippen LogP contribution in [0.2, 0.25) is 0 Å². The number of amides is 2. The highest BCUT2D eigenvalue weighted by molar-refractivity contribution is 5.94. The highest BCUT2D eigenvalue weighted by atomic mass is 16.6. The maximum Gasteiger partial charge on any atom is 0.410 e. The molecule has 0 saturated carbocycles. The molecule has 1 saturated heterocycles. The molecule has 8 heteroatoms. The predicted octanol–water partition coefficient (Wildman–Crippen LogP) is 2.95. The number of carbonyl (C=O) groups is 2. The van der Waals surface area contributed by atoms with E-state index >= 15 is 0 Å². The van der Waals surface area contributed by atoms with Crippen molar-refractivity contribution >= 4 is 12.0 Å². The van der Waals surface area contributed by atoms with E-state index in [1.54, 1.807) is 4.90 Å². The van der Waals surface area contributed by atoms with Crippen LogP contribution in [0.25, 0.3) is 5.69 Å². The van der Waals surface area contributed by atoms with Crippen LogP contribution in [0, 0.1) is 6.92 Å². The summed E-state index contributed by atoms with van der Waals surface area (Å²) in [6.45, 7) is 11.8. The Bertz CT molecular complexity index is 998. The van der Waals surface area contributed by atoms with Crippen LogP contribution in [0.1, 0.15) is 54.5 Å². The molecule has 1 aliphatic heterocycles. The van der Waals surface area contributed by atoms with Crippen molar-refractivity contribution in [3.05, 3.63) is 46.8 Å². The number of hydrogen-bond acceptors (Lipinski definition) is 5. The number of aromatic nitrogens is 2. The van der Waals surface area contributed by atoms with Crippen molar-refractivity contribution < 1.29 is 14.3 Å². The summed E-state index contributed by atoms with van der Waals surface area (Å²) in [7, 11) is 0. The van der Waals surface area contributed by atoms with Crippen molar-refractivity contribution in [3.63, 3.8) is 0 Å². The lowest BCUT2D eigenvalue weighted by molar-refractivity contribution is 0.0147. The molecule has 33 heavy (non-hydrogen) atoms. The molecule has 2 aromatic rings. The Hall–Kier alpha value is -2.87. The molecule has 0 unspecified atom stereocenters. The van der Waals surface area contributed by atoms with Crippen LogP contribution in [0.15, 0.2) is 24.3 Å². The van der Waals surface area contributed by atoms with Crippen LogP contribution >= 0.6 is 0 Å². The van der Waals surface area contributed by atoms with E-state index in [2.05, 4.69) is 46.5 Å². The average molecular weight is 454 g/mol. The Morgan fingerprint density at radius 1 is 1.06 bits per heavy atom. The zero-order valence-electron chi connectivity index (χ0n) is 20.2. The molecule has 0 atom stereocenters. The van der Waals surface area contributed by atoms with E-state index in [-0.39, 0.29) is 12.0 Å². The summed E-state index contributed by atoms with van der Waals surface area (Å²) in [4.78, 5) is 29.2. The minimum Gasteiger partial charge on any atom is -0.444 e. The van der Waals surface area contributed by atoms with Crippen LogP contribution in [-0.2, 0) is 17.6 Å². The normalized spacial score (nSPS) is 16.5. The molecule has 1 aromatic heterocycles. The lowest BCUT2D eigenvalue weighted by Gasteiger charge is -2.35. The zero-order valence-corrected chi connectivity index (χ0v) is 20.2. The van der Waals surface area contributed by atoms with Gasteiger partial charge < -0.3 is 15.0 Å². The molecule has 4 rings (SSSR count). The Balaban J connectivity index is 1.29. The second-order valence-corrected chi connectivity index (χ2v) is 9.94. The number of nitrogens with zero attached hydrogens (tertiary/aromatic N) is 4. The van der Waals surface area contributed by atoms with Crippen molar-refractivity contribution in [2.45, 2.75) is 52.6 Å². The number of hydrogen-bond donors (Lipinski definition) is 1. The monoisotopic (exact) mass is 453 g/mol. The number of piperazine rings is 1. The van der Waals surface area contributed by atoms with Gasteiger partial charge >= 0.3 is 6.09 Å². The summed E-state index contributed by atoms with van der Waals surface area (Å²) in [5.41, 5.74) is 4.51. The Morgan fingerprint density at radius 2 is 1.76 bits per heavy atom. The summed E-state index contributed by atoms with van der Waals surface area (Å²) in [5.74, 6) is -0.105. The van der Waals surface area contributed by atoms with Gasteiger partial charge in [0.25, 0.3) is 5.91 Å². The van der Waals surface area contributed by atoms with Crippen molar-refractivity contribution in [2.24, 2.45) is 0 Å². The fourth-order valence-electron chi connectivity index (χ4n) is 4.41. The van der Waals surface area contributed by atoms with Gasteiger partial charge in [0.15, 0.2) is 5.69 Å². The zero-order chi connectivity index (χ0) is 23.6. The van der Waals surface area contributed by atoms with E-state index in [9.17, 15) is 9.59 Å². The summed E-state index contributed by atoms with van der Waals surface area (Å²) in [6, 6.07) is 8.25. The number of rotatable bonds is 5. The number of ether oxygens (including phenoxy) is 1. The molecule has 0 bridgehead atoms. The van der Waals surface area contributed by atoms with Crippen LogP contribution in [0.5, 0.6) is 0 Å². The molecule has 1 N–H and O–H groups in total. The lowest BCUT2D eigenvalue weighted by Crippen LogP contribution is -2.51. The molecule has 8 nitrogen and oxygen atoms in total. The number of aryl methyl sites for hydroxylation is 1. The second-order valence-electron chi connectivity index (χ2n) is 9.94. The molecule has 0 radical (unpaired) electrons. The predicted molar refractivity (Wildman–Crippen MR) is 127 cm³/mol. The van der Waals surface area contributed by atoms with Gasteiger partial charge in [0.05, 0.1) is 5.69 Å². The van der Waals surface area contributed by atoms with E-state index in [4.69, 9.17) is 4.74 Å². The molecule has 1 aromatic carbocycles. The SMILES string of the molecule is Cc1ccc(-n2nc(C(=O)NCCN3CCN(C(=O)OC(C)(C)C)CC3)c3c2CCC3)cc1. The van der Waals surface area contributed by atoms with E-state index in [0.717, 1.165) is 55.8 Å². The molecular formula is C25H35N5O3. The van der Waals surface area contributed by atoms with Crippen LogP contribution in [-0.4, -0.2) is 76.5 Å². The molecule has 1 aliphatic carbocycles. The first kappa shape index (κ1) is 23.3. The number of benzene rings is 1. The fraction of sp³-hybridized carbons (Fsp3) is 0.560. The molecule has 0 spiro atoms. The van der Waals surface area contributed by atoms with Gasteiger partial charge in [-0.1, -0.05) is 17.7 Å². The maximum atomic E-state index is 12.9. The van der Waals surface area contributed by atoms with Crippen LogP contribution < -0.4 is 5.32 Å². The van der Waals surface area contributed by atoms with E-state index in [1.165, 1.54) is 5.56 Å². The topological polar surface area (TPSA) is 79.7 Å². The molecule has 2 amide bonds. The minimum atomic E-state index is -0.481. The van der Waals surface area contributed by atoms with Crippen molar-refractivity contribution in [3.8, 4) is 5.69 Å². The Morgan fingerprint density at radius 3 is 2.42 bits per heavy atom. The van der Waals surface area contributed by atoms with Gasteiger partial charge in [-0.05, 0) is 59.1 Å². The molecular weight excluding hydrogens is 418 g/mol. The van der Waals surface area contributed by atoms with Crippen LogP contribution in [0.3, 0.4) is 0 Å². The third-order valence-corrected chi connectivity index (χ3v) is 6.16. The van der Waals surface area contributed by atoms with Gasteiger partial charge in [-0.2, -0.15) is 5.10 Å². The Kier molecular flexibility index (Phi) is 6.74. The van der Waals surface area contributed by atoms with Crippen molar-refractivity contribution in [1.82, 2.24) is 24.9 Å². The standard InChI is InChI=1S/C25H35N5O3/c1-18-8-10-19(11-9-18)30-21-7-5-6-20(21)22(27-30)23(31)26-12-13-28-14-16-29(17-15-28)24(32)33-25(2,3)4/h8-11H,5-7,12-17H2,1-4H3,(H,26,31). The van der Waals surface area contributed by atoms with Gasteiger partial charge in [0.1, 0.15) is 5.60 Å². The first-order valence-electron chi connectivity index (χ1n) is 11.9. The van der Waals surface area contributed by atoms with Crippen LogP contribution in [0.4, 0.5) is 4.79 Å². The largest absolute Gasteiger partial charge is 0.444 e. The minimum absolute atomic E-state index is 0.105. The van der Waals surface area contributed by atoms with Crippen molar-refractivity contribution in [2.75, 3.05) is 39.3 Å². The lowest BCUT2D eigenvalue weighted by atomic mass is 10.2. The highest BCUT2D eigenvalue weighted by Gasteiger charge is 2.28.